The molecule has 0 aliphatic heterocycles. The normalized spacial score (nSPS) is 10.2. The molecule has 2 aromatic rings. The average Bonchev–Trinajstić information content (AvgIpc) is 2.91. The van der Waals surface area contributed by atoms with Crippen molar-refractivity contribution in [1.82, 2.24) is 5.32 Å². The molecule has 0 fully saturated rings. The van der Waals surface area contributed by atoms with E-state index in [4.69, 9.17) is 11.6 Å². The van der Waals surface area contributed by atoms with Crippen LogP contribution in [0.3, 0.4) is 0 Å². The molecule has 1 amide bonds. The summed E-state index contributed by atoms with van der Waals surface area (Å²) in [5.41, 5.74) is 1.06. The quantitative estimate of drug-likeness (QED) is 0.680. The van der Waals surface area contributed by atoms with Crippen LogP contribution in [0.4, 0.5) is 5.00 Å². The summed E-state index contributed by atoms with van der Waals surface area (Å²) in [6.45, 7) is 0.464. The fraction of sp³-hybridized carbons (Fsp3) is 0.154. The molecule has 0 radical (unpaired) electrons. The van der Waals surface area contributed by atoms with Crippen molar-refractivity contribution in [2.45, 2.75) is 6.42 Å². The molecular weight excluding hydrogens is 300 g/mol. The molecule has 0 aliphatic rings. The van der Waals surface area contributed by atoms with Gasteiger partial charge in [0.05, 0.1) is 9.80 Å². The van der Waals surface area contributed by atoms with Gasteiger partial charge >= 0.3 is 5.00 Å². The van der Waals surface area contributed by atoms with Crippen LogP contribution in [0.25, 0.3) is 0 Å². The van der Waals surface area contributed by atoms with Crippen LogP contribution >= 0.6 is 22.9 Å². The first kappa shape index (κ1) is 14.5. The second-order valence-corrected chi connectivity index (χ2v) is 5.53. The zero-order valence-corrected chi connectivity index (χ0v) is 11.9. The number of nitrogens with one attached hydrogen (secondary N) is 1. The molecule has 1 heterocycles. The summed E-state index contributed by atoms with van der Waals surface area (Å²) in [5.74, 6) is -0.294. The van der Waals surface area contributed by atoms with Gasteiger partial charge < -0.3 is 5.32 Å². The third-order valence-electron chi connectivity index (χ3n) is 2.61. The van der Waals surface area contributed by atoms with Crippen molar-refractivity contribution in [3.8, 4) is 0 Å². The Morgan fingerprint density at radius 2 is 1.95 bits per heavy atom. The van der Waals surface area contributed by atoms with Gasteiger partial charge in [-0.05, 0) is 30.2 Å². The number of carbonyl (C=O) groups is 1. The van der Waals surface area contributed by atoms with E-state index in [-0.39, 0.29) is 10.9 Å². The molecule has 0 saturated heterocycles. The topological polar surface area (TPSA) is 72.2 Å². The van der Waals surface area contributed by atoms with Gasteiger partial charge in [-0.2, -0.15) is 0 Å². The lowest BCUT2D eigenvalue weighted by molar-refractivity contribution is -0.380. The van der Waals surface area contributed by atoms with E-state index in [1.165, 1.54) is 12.1 Å². The molecule has 1 aromatic carbocycles. The minimum atomic E-state index is -0.505. The van der Waals surface area contributed by atoms with Crippen LogP contribution in [-0.2, 0) is 6.42 Å². The lowest BCUT2D eigenvalue weighted by Crippen LogP contribution is -2.24. The first-order valence-corrected chi connectivity index (χ1v) is 7.02. The van der Waals surface area contributed by atoms with Gasteiger partial charge in [-0.25, -0.2) is 0 Å². The number of benzene rings is 1. The van der Waals surface area contributed by atoms with E-state index < -0.39 is 4.92 Å². The number of halogens is 1. The minimum Gasteiger partial charge on any atom is -0.351 e. The molecule has 7 heteroatoms. The molecule has 0 spiro atoms. The number of hydrogen-bond acceptors (Lipinski definition) is 4. The van der Waals surface area contributed by atoms with E-state index in [2.05, 4.69) is 5.32 Å². The Morgan fingerprint density at radius 1 is 1.25 bits per heavy atom. The molecule has 0 saturated carbocycles. The van der Waals surface area contributed by atoms with Gasteiger partial charge in [0.1, 0.15) is 0 Å². The number of thiophene rings is 1. The minimum absolute atomic E-state index is 0.0344. The lowest BCUT2D eigenvalue weighted by Gasteiger charge is -2.03. The lowest BCUT2D eigenvalue weighted by atomic mass is 10.1. The maximum Gasteiger partial charge on any atom is 0.324 e. The highest BCUT2D eigenvalue weighted by molar-refractivity contribution is 7.17. The summed E-state index contributed by atoms with van der Waals surface area (Å²) in [6.07, 6.45) is 0.677. The van der Waals surface area contributed by atoms with Gasteiger partial charge in [-0.1, -0.05) is 35.1 Å². The zero-order valence-electron chi connectivity index (χ0n) is 10.3. The van der Waals surface area contributed by atoms with Gasteiger partial charge in [-0.3, -0.25) is 14.9 Å². The highest BCUT2D eigenvalue weighted by Gasteiger charge is 2.14. The molecular formula is C13H11ClN2O3S. The van der Waals surface area contributed by atoms with Crippen LogP contribution in [0.15, 0.2) is 36.4 Å². The standard InChI is InChI=1S/C13H11ClN2O3S/c14-10-3-1-9(2-4-10)7-8-15-13(17)11-5-6-12(20-11)16(18)19/h1-6H,7-8H2,(H,15,17). The molecule has 1 aromatic heterocycles. The summed E-state index contributed by atoms with van der Waals surface area (Å²) >= 11 is 6.65. The Labute approximate surface area is 124 Å². The number of nitro groups is 1. The van der Waals surface area contributed by atoms with Crippen LogP contribution in [0.5, 0.6) is 0 Å². The summed E-state index contributed by atoms with van der Waals surface area (Å²) in [4.78, 5) is 22.2. The van der Waals surface area contributed by atoms with Crippen LogP contribution in [0.2, 0.25) is 5.02 Å². The van der Waals surface area contributed by atoms with Crippen molar-refractivity contribution in [1.29, 1.82) is 0 Å². The predicted octanol–water partition coefficient (Wildman–Crippen LogP) is 3.28. The third kappa shape index (κ3) is 3.79. The second kappa shape index (κ2) is 6.49. The number of amides is 1. The van der Waals surface area contributed by atoms with E-state index in [0.29, 0.717) is 22.9 Å². The van der Waals surface area contributed by atoms with Gasteiger partial charge in [-0.15, -0.1) is 0 Å². The number of nitrogens with zero attached hydrogens (tertiary/aromatic N) is 1. The SMILES string of the molecule is O=C(NCCc1ccc(Cl)cc1)c1ccc([N+](=O)[O-])s1. The molecule has 0 atom stereocenters. The Morgan fingerprint density at radius 3 is 2.55 bits per heavy atom. The van der Waals surface area contributed by atoms with Crippen LogP contribution in [0, 0.1) is 10.1 Å². The molecule has 20 heavy (non-hydrogen) atoms. The highest BCUT2D eigenvalue weighted by Crippen LogP contribution is 2.23. The van der Waals surface area contributed by atoms with Crippen LogP contribution in [0.1, 0.15) is 15.2 Å². The Bertz CT molecular complexity index is 625. The van der Waals surface area contributed by atoms with Crippen molar-refractivity contribution < 1.29 is 9.72 Å². The van der Waals surface area contributed by atoms with Crippen LogP contribution < -0.4 is 5.32 Å². The second-order valence-electron chi connectivity index (χ2n) is 4.03. The zero-order chi connectivity index (χ0) is 14.5. The molecule has 0 aliphatic carbocycles. The van der Waals surface area contributed by atoms with E-state index in [1.54, 1.807) is 12.1 Å². The van der Waals surface area contributed by atoms with Gasteiger partial charge in [0.15, 0.2) is 0 Å². The van der Waals surface area contributed by atoms with E-state index in [1.807, 2.05) is 12.1 Å². The molecule has 5 nitrogen and oxygen atoms in total. The van der Waals surface area contributed by atoms with Crippen molar-refractivity contribution in [3.05, 3.63) is 62.0 Å². The first-order valence-electron chi connectivity index (χ1n) is 5.83. The summed E-state index contributed by atoms with van der Waals surface area (Å²) in [6, 6.07) is 10.2. The van der Waals surface area contributed by atoms with Gasteiger partial charge in [0.25, 0.3) is 5.91 Å². The number of carbonyl (C=O) groups excluding carboxylic acids is 1. The van der Waals surface area contributed by atoms with E-state index in [0.717, 1.165) is 16.9 Å². The molecule has 104 valence electrons. The van der Waals surface area contributed by atoms with Gasteiger partial charge in [0.2, 0.25) is 0 Å². The fourth-order valence-electron chi connectivity index (χ4n) is 1.61. The largest absolute Gasteiger partial charge is 0.351 e. The summed E-state index contributed by atoms with van der Waals surface area (Å²) in [5, 5.41) is 13.9. The number of rotatable bonds is 5. The summed E-state index contributed by atoms with van der Waals surface area (Å²) in [7, 11) is 0. The van der Waals surface area contributed by atoms with E-state index in [9.17, 15) is 14.9 Å². The van der Waals surface area contributed by atoms with E-state index >= 15 is 0 Å². The first-order chi connectivity index (χ1) is 9.56. The maximum absolute atomic E-state index is 11.8. The van der Waals surface area contributed by atoms with Crippen molar-refractivity contribution in [3.63, 3.8) is 0 Å². The Hall–Kier alpha value is -1.92. The molecule has 0 unspecified atom stereocenters. The summed E-state index contributed by atoms with van der Waals surface area (Å²) < 4.78 is 0. The third-order valence-corrected chi connectivity index (χ3v) is 3.90. The van der Waals surface area contributed by atoms with Crippen molar-refractivity contribution in [2.75, 3.05) is 6.54 Å². The predicted molar refractivity (Wildman–Crippen MR) is 78.5 cm³/mol. The average molecular weight is 311 g/mol. The Balaban J connectivity index is 1.85. The number of hydrogen-bond donors (Lipinski definition) is 1. The van der Waals surface area contributed by atoms with Crippen molar-refractivity contribution in [2.24, 2.45) is 0 Å². The van der Waals surface area contributed by atoms with Crippen LogP contribution in [-0.4, -0.2) is 17.4 Å². The Kier molecular flexibility index (Phi) is 4.70. The molecule has 0 bridgehead atoms. The smallest absolute Gasteiger partial charge is 0.324 e. The maximum atomic E-state index is 11.8. The monoisotopic (exact) mass is 310 g/mol. The van der Waals surface area contributed by atoms with Crippen molar-refractivity contribution >= 4 is 33.8 Å². The van der Waals surface area contributed by atoms with Gasteiger partial charge in [0, 0.05) is 17.6 Å². The highest BCUT2D eigenvalue weighted by atomic mass is 35.5. The fourth-order valence-corrected chi connectivity index (χ4v) is 2.47. The molecule has 2 rings (SSSR count). The molecule has 1 N–H and O–H groups in total.